The Morgan fingerprint density at radius 3 is 2.33 bits per heavy atom. The van der Waals surface area contributed by atoms with Crippen molar-refractivity contribution in [3.63, 3.8) is 0 Å². The molecule has 4 rings (SSSR count). The molecule has 136 valence electrons. The van der Waals surface area contributed by atoms with Crippen LogP contribution in [0.2, 0.25) is 0 Å². The Balaban J connectivity index is 1.85. The number of hydrogen-bond acceptors (Lipinski definition) is 7. The van der Waals surface area contributed by atoms with Crippen LogP contribution in [0.4, 0.5) is 5.69 Å². The third-order valence-electron chi connectivity index (χ3n) is 4.59. The monoisotopic (exact) mass is 364 g/mol. The molecule has 0 aromatic heterocycles. The Hall–Kier alpha value is -3.68. The quantitative estimate of drug-likeness (QED) is 0.799. The lowest BCUT2D eigenvalue weighted by Gasteiger charge is -2.31. The molecular weight excluding hydrogens is 348 g/mol. The summed E-state index contributed by atoms with van der Waals surface area (Å²) in [5.41, 5.74) is 5.38. The molecule has 1 amide bonds. The third-order valence-corrected chi connectivity index (χ3v) is 4.59. The minimum absolute atomic E-state index is 0.124. The van der Waals surface area contributed by atoms with E-state index in [2.05, 4.69) is 15.3 Å². The van der Waals surface area contributed by atoms with E-state index in [1.165, 1.54) is 7.11 Å². The molecule has 0 bridgehead atoms. The maximum atomic E-state index is 13.3. The molecule has 0 saturated heterocycles. The average Bonchev–Trinajstić information content (AvgIpc) is 3.04. The summed E-state index contributed by atoms with van der Waals surface area (Å²) >= 11 is 0. The van der Waals surface area contributed by atoms with Gasteiger partial charge in [-0.05, 0) is 42.0 Å². The lowest BCUT2D eigenvalue weighted by molar-refractivity contribution is -0.117. The van der Waals surface area contributed by atoms with Crippen molar-refractivity contribution in [2.45, 2.75) is 5.54 Å². The van der Waals surface area contributed by atoms with Crippen molar-refractivity contribution in [3.8, 4) is 11.5 Å². The first-order valence-corrected chi connectivity index (χ1v) is 8.13. The molecule has 1 spiro atoms. The Kier molecular flexibility index (Phi) is 3.69. The standard InChI is InChI=1S/C19H16N4O4/c1-26-11-5-3-10(4-6-11)15-19(23-18(20)22-15)16(24)13-8-7-12(27-2)9-14(13)21-17(19)25/h3-9H,1-2H3,(H2,20,23)(H,21,25). The lowest BCUT2D eigenvalue weighted by Crippen LogP contribution is -2.56. The number of fused-ring (bicyclic) bond motifs is 1. The van der Waals surface area contributed by atoms with Crippen LogP contribution in [0.3, 0.4) is 0 Å². The molecule has 2 aromatic rings. The number of nitrogens with one attached hydrogen (secondary N) is 1. The number of ether oxygens (including phenoxy) is 2. The van der Waals surface area contributed by atoms with Crippen LogP contribution in [-0.2, 0) is 4.79 Å². The SMILES string of the molecule is COc1ccc(C2=NC(N)=NC23C(=O)Nc2cc(OC)ccc2C3=O)cc1. The molecule has 0 aliphatic carbocycles. The van der Waals surface area contributed by atoms with Gasteiger partial charge in [-0.2, -0.15) is 0 Å². The van der Waals surface area contributed by atoms with Crippen LogP contribution in [0, 0.1) is 0 Å². The number of benzene rings is 2. The molecular formula is C19H16N4O4. The molecule has 8 heteroatoms. The van der Waals surface area contributed by atoms with Crippen LogP contribution in [0.15, 0.2) is 52.4 Å². The zero-order valence-electron chi connectivity index (χ0n) is 14.6. The van der Waals surface area contributed by atoms with Gasteiger partial charge in [0.05, 0.1) is 25.6 Å². The first-order chi connectivity index (χ1) is 13.0. The van der Waals surface area contributed by atoms with Crippen molar-refractivity contribution < 1.29 is 19.1 Å². The normalized spacial score (nSPS) is 20.7. The van der Waals surface area contributed by atoms with E-state index in [-0.39, 0.29) is 11.7 Å². The van der Waals surface area contributed by atoms with Gasteiger partial charge >= 0.3 is 0 Å². The second kappa shape index (κ2) is 5.94. The molecule has 0 saturated carbocycles. The van der Waals surface area contributed by atoms with Gasteiger partial charge in [0.2, 0.25) is 17.3 Å². The van der Waals surface area contributed by atoms with Crippen LogP contribution >= 0.6 is 0 Å². The Bertz CT molecular complexity index is 1030. The highest BCUT2D eigenvalue weighted by molar-refractivity contribution is 6.45. The van der Waals surface area contributed by atoms with E-state index in [0.717, 1.165) is 0 Å². The number of ketones is 1. The van der Waals surface area contributed by atoms with Crippen LogP contribution in [0.5, 0.6) is 11.5 Å². The summed E-state index contributed by atoms with van der Waals surface area (Å²) in [5, 5.41) is 2.73. The Labute approximate surface area is 154 Å². The molecule has 2 aromatic carbocycles. The van der Waals surface area contributed by atoms with Crippen molar-refractivity contribution in [3.05, 3.63) is 53.6 Å². The predicted molar refractivity (Wildman–Crippen MR) is 99.8 cm³/mol. The van der Waals surface area contributed by atoms with E-state index < -0.39 is 17.2 Å². The van der Waals surface area contributed by atoms with Crippen molar-refractivity contribution in [2.75, 3.05) is 19.5 Å². The number of anilines is 1. The average molecular weight is 364 g/mol. The van der Waals surface area contributed by atoms with Gasteiger partial charge in [-0.25, -0.2) is 9.98 Å². The lowest BCUT2D eigenvalue weighted by atomic mass is 9.79. The van der Waals surface area contributed by atoms with Gasteiger partial charge in [0.15, 0.2) is 0 Å². The second-order valence-corrected chi connectivity index (χ2v) is 6.06. The van der Waals surface area contributed by atoms with E-state index in [1.54, 1.807) is 49.6 Å². The molecule has 2 aliphatic heterocycles. The predicted octanol–water partition coefficient (Wildman–Crippen LogP) is 1.39. The summed E-state index contributed by atoms with van der Waals surface area (Å²) in [6.45, 7) is 0. The maximum absolute atomic E-state index is 13.3. The molecule has 2 aliphatic rings. The number of nitrogens with two attached hydrogens (primary N) is 1. The molecule has 3 N–H and O–H groups in total. The first-order valence-electron chi connectivity index (χ1n) is 8.13. The van der Waals surface area contributed by atoms with Crippen LogP contribution in [-0.4, -0.2) is 43.1 Å². The minimum atomic E-state index is -1.85. The van der Waals surface area contributed by atoms with E-state index >= 15 is 0 Å². The molecule has 1 unspecified atom stereocenters. The second-order valence-electron chi connectivity index (χ2n) is 6.06. The van der Waals surface area contributed by atoms with Crippen molar-refractivity contribution in [1.29, 1.82) is 0 Å². The summed E-state index contributed by atoms with van der Waals surface area (Å²) in [6.07, 6.45) is 0. The summed E-state index contributed by atoms with van der Waals surface area (Å²) < 4.78 is 10.3. The fourth-order valence-corrected chi connectivity index (χ4v) is 3.25. The van der Waals surface area contributed by atoms with Crippen LogP contribution < -0.4 is 20.5 Å². The number of rotatable bonds is 3. The number of Topliss-reactive ketones (excluding diaryl/α,β-unsaturated/α-hetero) is 1. The van der Waals surface area contributed by atoms with Crippen LogP contribution in [0.25, 0.3) is 0 Å². The van der Waals surface area contributed by atoms with Crippen molar-refractivity contribution in [1.82, 2.24) is 0 Å². The number of guanidine groups is 1. The van der Waals surface area contributed by atoms with Gasteiger partial charge < -0.3 is 20.5 Å². The fraction of sp³-hybridized carbons (Fsp3) is 0.158. The van der Waals surface area contributed by atoms with Gasteiger partial charge in [0.25, 0.3) is 5.91 Å². The smallest absolute Gasteiger partial charge is 0.266 e. The minimum Gasteiger partial charge on any atom is -0.497 e. The molecule has 1 atom stereocenters. The highest BCUT2D eigenvalue weighted by Crippen LogP contribution is 2.37. The summed E-state index contributed by atoms with van der Waals surface area (Å²) in [7, 11) is 3.06. The Morgan fingerprint density at radius 1 is 1.00 bits per heavy atom. The van der Waals surface area contributed by atoms with Gasteiger partial charge in [0.1, 0.15) is 11.5 Å². The van der Waals surface area contributed by atoms with Crippen molar-refractivity contribution in [2.24, 2.45) is 15.7 Å². The fourth-order valence-electron chi connectivity index (χ4n) is 3.25. The highest BCUT2D eigenvalue weighted by atomic mass is 16.5. The number of amides is 1. The van der Waals surface area contributed by atoms with E-state index in [4.69, 9.17) is 15.2 Å². The Morgan fingerprint density at radius 2 is 1.67 bits per heavy atom. The zero-order chi connectivity index (χ0) is 19.2. The number of carbonyl (C=O) groups is 2. The molecule has 0 radical (unpaired) electrons. The van der Waals surface area contributed by atoms with Gasteiger partial charge in [-0.1, -0.05) is 0 Å². The van der Waals surface area contributed by atoms with E-state index in [9.17, 15) is 9.59 Å². The number of aliphatic imine (C=N–C) groups is 2. The largest absolute Gasteiger partial charge is 0.497 e. The van der Waals surface area contributed by atoms with Gasteiger partial charge in [-0.3, -0.25) is 9.59 Å². The van der Waals surface area contributed by atoms with E-state index in [1.807, 2.05) is 0 Å². The zero-order valence-corrected chi connectivity index (χ0v) is 14.6. The molecule has 0 fully saturated rings. The number of hydrogen-bond donors (Lipinski definition) is 2. The van der Waals surface area contributed by atoms with E-state index in [0.29, 0.717) is 28.3 Å². The topological polar surface area (TPSA) is 115 Å². The number of nitrogens with zero attached hydrogens (tertiary/aromatic N) is 2. The molecule has 8 nitrogen and oxygen atoms in total. The summed E-state index contributed by atoms with van der Waals surface area (Å²) in [5.74, 6) is -0.0584. The van der Waals surface area contributed by atoms with Gasteiger partial charge in [0, 0.05) is 11.6 Å². The van der Waals surface area contributed by atoms with Crippen LogP contribution in [0.1, 0.15) is 15.9 Å². The summed E-state index contributed by atoms with van der Waals surface area (Å²) in [4.78, 5) is 34.7. The third kappa shape index (κ3) is 2.37. The number of carbonyl (C=O) groups excluding carboxylic acids is 2. The number of methoxy groups -OCH3 is 2. The van der Waals surface area contributed by atoms with Gasteiger partial charge in [-0.15, -0.1) is 0 Å². The summed E-state index contributed by atoms with van der Waals surface area (Å²) in [6, 6.07) is 11.7. The van der Waals surface area contributed by atoms with Crippen molar-refractivity contribution >= 4 is 29.0 Å². The molecule has 27 heavy (non-hydrogen) atoms. The first kappa shape index (κ1) is 16.8. The highest BCUT2D eigenvalue weighted by Gasteiger charge is 2.57. The molecule has 2 heterocycles. The maximum Gasteiger partial charge on any atom is 0.266 e.